The highest BCUT2D eigenvalue weighted by Crippen LogP contribution is 2.19. The number of rotatable bonds is 4. The average molecular weight is 289 g/mol. The quantitative estimate of drug-likeness (QED) is 0.801. The molecule has 0 saturated heterocycles. The van der Waals surface area contributed by atoms with Crippen LogP contribution in [0.25, 0.3) is 0 Å². The van der Waals surface area contributed by atoms with Crippen LogP contribution in [-0.2, 0) is 6.54 Å². The maximum atomic E-state index is 11.8. The van der Waals surface area contributed by atoms with Crippen molar-refractivity contribution in [1.82, 2.24) is 10.3 Å². The van der Waals surface area contributed by atoms with Gasteiger partial charge in [-0.2, -0.15) is 0 Å². The fraction of sp³-hybridized carbons (Fsp3) is 0.214. The molecule has 2 aromatic rings. The summed E-state index contributed by atoms with van der Waals surface area (Å²) in [6.07, 6.45) is 1.55. The van der Waals surface area contributed by atoms with Crippen molar-refractivity contribution in [2.24, 2.45) is 0 Å². The third-order valence-corrected chi connectivity index (χ3v) is 2.80. The highest BCUT2D eigenvalue weighted by atomic mass is 16.4. The average Bonchev–Trinajstić information content (AvgIpc) is 2.82. The molecule has 0 radical (unpaired) electrons. The second kappa shape index (κ2) is 6.08. The van der Waals surface area contributed by atoms with Crippen molar-refractivity contribution in [2.45, 2.75) is 20.4 Å². The Kier molecular flexibility index (Phi) is 4.22. The molecule has 7 nitrogen and oxygen atoms in total. The minimum atomic E-state index is -1.09. The SMILES string of the molecule is Cc1cnc(CNC(=O)Nc2cccc(C)c2C(=O)O)o1. The van der Waals surface area contributed by atoms with Gasteiger partial charge in [0.15, 0.2) is 0 Å². The van der Waals surface area contributed by atoms with Crippen LogP contribution >= 0.6 is 0 Å². The molecule has 2 amide bonds. The molecule has 2 rings (SSSR count). The predicted molar refractivity (Wildman–Crippen MR) is 75.2 cm³/mol. The topological polar surface area (TPSA) is 104 Å². The summed E-state index contributed by atoms with van der Waals surface area (Å²) in [6.45, 7) is 3.54. The number of carbonyl (C=O) groups is 2. The molecule has 0 saturated carbocycles. The molecule has 1 aromatic carbocycles. The van der Waals surface area contributed by atoms with Gasteiger partial charge < -0.3 is 20.2 Å². The van der Waals surface area contributed by atoms with Gasteiger partial charge in [-0.3, -0.25) is 0 Å². The van der Waals surface area contributed by atoms with Gasteiger partial charge in [0, 0.05) is 0 Å². The molecule has 0 aliphatic carbocycles. The van der Waals surface area contributed by atoms with Gasteiger partial charge in [0.2, 0.25) is 5.89 Å². The van der Waals surface area contributed by atoms with E-state index >= 15 is 0 Å². The van der Waals surface area contributed by atoms with Crippen molar-refractivity contribution in [3.63, 3.8) is 0 Å². The van der Waals surface area contributed by atoms with Gasteiger partial charge in [-0.05, 0) is 25.5 Å². The Balaban J connectivity index is 2.03. The van der Waals surface area contributed by atoms with Crippen molar-refractivity contribution in [3.8, 4) is 0 Å². The lowest BCUT2D eigenvalue weighted by Gasteiger charge is -2.10. The molecule has 0 aliphatic heterocycles. The number of anilines is 1. The van der Waals surface area contributed by atoms with Crippen molar-refractivity contribution in [3.05, 3.63) is 47.2 Å². The number of carboxylic acids is 1. The first kappa shape index (κ1) is 14.6. The fourth-order valence-electron chi connectivity index (χ4n) is 1.86. The third-order valence-electron chi connectivity index (χ3n) is 2.80. The number of aromatic carboxylic acids is 1. The van der Waals surface area contributed by atoms with Crippen molar-refractivity contribution < 1.29 is 19.1 Å². The van der Waals surface area contributed by atoms with E-state index in [4.69, 9.17) is 4.42 Å². The molecule has 0 bridgehead atoms. The summed E-state index contributed by atoms with van der Waals surface area (Å²) in [4.78, 5) is 27.0. The van der Waals surface area contributed by atoms with Gasteiger partial charge in [-0.25, -0.2) is 14.6 Å². The molecule has 3 N–H and O–H groups in total. The van der Waals surface area contributed by atoms with Crippen LogP contribution in [0, 0.1) is 13.8 Å². The number of hydrogen-bond donors (Lipinski definition) is 3. The second-order valence-corrected chi connectivity index (χ2v) is 4.47. The zero-order valence-electron chi connectivity index (χ0n) is 11.6. The fourth-order valence-corrected chi connectivity index (χ4v) is 1.86. The highest BCUT2D eigenvalue weighted by Gasteiger charge is 2.15. The zero-order valence-corrected chi connectivity index (χ0v) is 11.6. The number of oxazole rings is 1. The Morgan fingerprint density at radius 3 is 2.71 bits per heavy atom. The van der Waals surface area contributed by atoms with E-state index in [1.54, 1.807) is 32.2 Å². The number of aromatic nitrogens is 1. The number of nitrogens with zero attached hydrogens (tertiary/aromatic N) is 1. The summed E-state index contributed by atoms with van der Waals surface area (Å²) in [7, 11) is 0. The maximum Gasteiger partial charge on any atom is 0.338 e. The molecular formula is C14H15N3O4. The molecule has 0 spiro atoms. The Labute approximate surface area is 121 Å². The zero-order chi connectivity index (χ0) is 15.4. The Hall–Kier alpha value is -2.83. The number of hydrogen-bond acceptors (Lipinski definition) is 4. The third kappa shape index (κ3) is 3.59. The van der Waals surface area contributed by atoms with Crippen LogP contribution in [0.3, 0.4) is 0 Å². The normalized spacial score (nSPS) is 10.2. The van der Waals surface area contributed by atoms with Crippen LogP contribution in [0.2, 0.25) is 0 Å². The van der Waals surface area contributed by atoms with E-state index in [0.29, 0.717) is 17.2 Å². The van der Waals surface area contributed by atoms with Gasteiger partial charge >= 0.3 is 12.0 Å². The van der Waals surface area contributed by atoms with Gasteiger partial charge in [0.1, 0.15) is 5.76 Å². The number of amides is 2. The van der Waals surface area contributed by atoms with E-state index in [2.05, 4.69) is 15.6 Å². The predicted octanol–water partition coefficient (Wildman–Crippen LogP) is 2.31. The van der Waals surface area contributed by atoms with Crippen molar-refractivity contribution >= 4 is 17.7 Å². The standard InChI is InChI=1S/C14H15N3O4/c1-8-4-3-5-10(12(8)13(18)19)17-14(20)16-7-11-15-6-9(2)21-11/h3-6H,7H2,1-2H3,(H,18,19)(H2,16,17,20). The van der Waals surface area contributed by atoms with E-state index in [1.165, 1.54) is 6.07 Å². The molecule has 21 heavy (non-hydrogen) atoms. The van der Waals surface area contributed by atoms with E-state index in [9.17, 15) is 14.7 Å². The van der Waals surface area contributed by atoms with Crippen molar-refractivity contribution in [1.29, 1.82) is 0 Å². The summed E-state index contributed by atoms with van der Waals surface area (Å²) in [6, 6.07) is 4.35. The molecule has 0 fully saturated rings. The number of nitrogens with one attached hydrogen (secondary N) is 2. The number of carboxylic acid groups (broad SMARTS) is 1. The summed E-state index contributed by atoms with van der Waals surface area (Å²) >= 11 is 0. The lowest BCUT2D eigenvalue weighted by atomic mass is 10.1. The van der Waals surface area contributed by atoms with Gasteiger partial charge in [0.25, 0.3) is 0 Å². The molecule has 7 heteroatoms. The van der Waals surface area contributed by atoms with Crippen molar-refractivity contribution in [2.75, 3.05) is 5.32 Å². The molecule has 0 aliphatic rings. The molecule has 1 aromatic heterocycles. The lowest BCUT2D eigenvalue weighted by Crippen LogP contribution is -2.29. The first-order chi connectivity index (χ1) is 9.97. The summed E-state index contributed by atoms with van der Waals surface area (Å²) in [5, 5.41) is 14.2. The Morgan fingerprint density at radius 1 is 1.33 bits per heavy atom. The number of carbonyl (C=O) groups excluding carboxylic acids is 1. The number of aryl methyl sites for hydroxylation is 2. The first-order valence-electron chi connectivity index (χ1n) is 6.26. The first-order valence-corrected chi connectivity index (χ1v) is 6.26. The molecular weight excluding hydrogens is 274 g/mol. The number of benzene rings is 1. The maximum absolute atomic E-state index is 11.8. The largest absolute Gasteiger partial charge is 0.478 e. The van der Waals surface area contributed by atoms with Crippen LogP contribution in [0.1, 0.15) is 27.6 Å². The van der Waals surface area contributed by atoms with Gasteiger partial charge in [-0.1, -0.05) is 12.1 Å². The smallest absolute Gasteiger partial charge is 0.338 e. The lowest BCUT2D eigenvalue weighted by molar-refractivity contribution is 0.0697. The molecule has 1 heterocycles. The molecule has 0 atom stereocenters. The minimum absolute atomic E-state index is 0.0691. The van der Waals surface area contributed by atoms with E-state index < -0.39 is 12.0 Å². The second-order valence-electron chi connectivity index (χ2n) is 4.47. The highest BCUT2D eigenvalue weighted by molar-refractivity contribution is 6.01. The molecule has 0 unspecified atom stereocenters. The molecule has 110 valence electrons. The van der Waals surface area contributed by atoms with Crippen LogP contribution in [0.15, 0.2) is 28.8 Å². The Bertz CT molecular complexity index is 679. The Morgan fingerprint density at radius 2 is 2.10 bits per heavy atom. The van der Waals surface area contributed by atoms with Crippen LogP contribution in [0.4, 0.5) is 10.5 Å². The van der Waals surface area contributed by atoms with Gasteiger partial charge in [0.05, 0.1) is 24.0 Å². The summed E-state index contributed by atoms with van der Waals surface area (Å²) in [5.41, 5.74) is 0.881. The van der Waals surface area contributed by atoms with Crippen LogP contribution in [0.5, 0.6) is 0 Å². The van der Waals surface area contributed by atoms with Crippen LogP contribution < -0.4 is 10.6 Å². The van der Waals surface area contributed by atoms with E-state index in [-0.39, 0.29) is 17.8 Å². The van der Waals surface area contributed by atoms with E-state index in [1.807, 2.05) is 0 Å². The van der Waals surface area contributed by atoms with Gasteiger partial charge in [-0.15, -0.1) is 0 Å². The van der Waals surface area contributed by atoms with Crippen LogP contribution in [-0.4, -0.2) is 22.1 Å². The summed E-state index contributed by atoms with van der Waals surface area (Å²) in [5.74, 6) is -0.0591. The number of urea groups is 1. The minimum Gasteiger partial charge on any atom is -0.478 e. The van der Waals surface area contributed by atoms with E-state index in [0.717, 1.165) is 0 Å². The monoisotopic (exact) mass is 289 g/mol. The summed E-state index contributed by atoms with van der Waals surface area (Å²) < 4.78 is 5.22.